The van der Waals surface area contributed by atoms with Crippen molar-refractivity contribution in [3.63, 3.8) is 0 Å². The van der Waals surface area contributed by atoms with Gasteiger partial charge < -0.3 is 5.11 Å². The second-order valence-corrected chi connectivity index (χ2v) is 5.36. The van der Waals surface area contributed by atoms with E-state index in [2.05, 4.69) is 26.2 Å². The van der Waals surface area contributed by atoms with Crippen molar-refractivity contribution in [1.29, 1.82) is 0 Å². The number of carbonyl (C=O) groups is 1. The van der Waals surface area contributed by atoms with Crippen LogP contribution in [0.2, 0.25) is 0 Å². The van der Waals surface area contributed by atoms with Crippen molar-refractivity contribution in [2.75, 3.05) is 0 Å². The molecule has 2 aromatic rings. The Hall–Kier alpha value is -1.69. The summed E-state index contributed by atoms with van der Waals surface area (Å²) in [5.74, 6) is -0.916. The molecule has 0 saturated carbocycles. The summed E-state index contributed by atoms with van der Waals surface area (Å²) in [5.41, 5.74) is 0.255. The lowest BCUT2D eigenvalue weighted by molar-refractivity contribution is -0.142. The normalized spacial score (nSPS) is 11.5. The van der Waals surface area contributed by atoms with E-state index >= 15 is 0 Å². The summed E-state index contributed by atoms with van der Waals surface area (Å²) in [6.45, 7) is 3.25. The molecule has 1 N–H and O–H groups in total. The number of rotatable bonds is 3. The molecule has 0 bridgehead atoms. The van der Waals surface area contributed by atoms with Crippen molar-refractivity contribution in [2.45, 2.75) is 19.3 Å². The highest BCUT2D eigenvalue weighted by atomic mass is 79.9. The minimum absolute atomic E-state index is 0.535. The minimum atomic E-state index is -1.05. The van der Waals surface area contributed by atoms with Gasteiger partial charge in [0.25, 0.3) is 0 Å². The molecule has 0 unspecified atom stereocenters. The SMILES string of the molecule is CC(C)(C(=O)O)c1cnnn1-c1cccc(Br)c1. The molecule has 1 heterocycles. The zero-order chi connectivity index (χ0) is 13.3. The molecule has 0 radical (unpaired) electrons. The molecular weight excluding hydrogens is 298 g/mol. The van der Waals surface area contributed by atoms with Gasteiger partial charge in [-0.3, -0.25) is 4.79 Å². The topological polar surface area (TPSA) is 68.0 Å². The van der Waals surface area contributed by atoms with E-state index in [1.165, 1.54) is 6.20 Å². The van der Waals surface area contributed by atoms with E-state index < -0.39 is 11.4 Å². The highest BCUT2D eigenvalue weighted by Gasteiger charge is 2.33. The van der Waals surface area contributed by atoms with Gasteiger partial charge in [-0.05, 0) is 32.0 Å². The fourth-order valence-corrected chi connectivity index (χ4v) is 1.96. The van der Waals surface area contributed by atoms with Crippen molar-refractivity contribution < 1.29 is 9.90 Å². The maximum absolute atomic E-state index is 11.3. The predicted molar refractivity (Wildman–Crippen MR) is 69.7 cm³/mol. The number of carboxylic acid groups (broad SMARTS) is 1. The van der Waals surface area contributed by atoms with Crippen LogP contribution in [0.15, 0.2) is 34.9 Å². The average molecular weight is 310 g/mol. The Bertz CT molecular complexity index is 593. The van der Waals surface area contributed by atoms with Gasteiger partial charge in [-0.25, -0.2) is 4.68 Å². The van der Waals surface area contributed by atoms with Gasteiger partial charge in [-0.1, -0.05) is 27.2 Å². The van der Waals surface area contributed by atoms with E-state index in [1.807, 2.05) is 24.3 Å². The van der Waals surface area contributed by atoms with E-state index in [4.69, 9.17) is 0 Å². The van der Waals surface area contributed by atoms with Crippen LogP contribution in [0.3, 0.4) is 0 Å². The first-order chi connectivity index (χ1) is 8.43. The van der Waals surface area contributed by atoms with Crippen LogP contribution in [0.4, 0.5) is 0 Å². The third kappa shape index (κ3) is 2.15. The minimum Gasteiger partial charge on any atom is -0.481 e. The first-order valence-electron chi connectivity index (χ1n) is 5.33. The van der Waals surface area contributed by atoms with Crippen LogP contribution in [0.1, 0.15) is 19.5 Å². The zero-order valence-electron chi connectivity index (χ0n) is 9.96. The predicted octanol–water partition coefficient (Wildman–Crippen LogP) is 2.39. The van der Waals surface area contributed by atoms with Crippen LogP contribution in [0, 0.1) is 0 Å². The molecule has 0 amide bonds. The number of carboxylic acids is 1. The van der Waals surface area contributed by atoms with Gasteiger partial charge in [0, 0.05) is 4.47 Å². The van der Waals surface area contributed by atoms with E-state index in [0.29, 0.717) is 5.69 Å². The number of halogens is 1. The van der Waals surface area contributed by atoms with Crippen molar-refractivity contribution in [2.24, 2.45) is 0 Å². The fraction of sp³-hybridized carbons (Fsp3) is 0.250. The van der Waals surface area contributed by atoms with E-state index in [9.17, 15) is 9.90 Å². The molecule has 1 aromatic heterocycles. The maximum atomic E-state index is 11.3. The summed E-state index contributed by atoms with van der Waals surface area (Å²) in [7, 11) is 0. The van der Waals surface area contributed by atoms with E-state index in [-0.39, 0.29) is 0 Å². The van der Waals surface area contributed by atoms with Gasteiger partial charge in [0.15, 0.2) is 0 Å². The molecule has 0 saturated heterocycles. The Balaban J connectivity index is 2.55. The number of aliphatic carboxylic acids is 1. The van der Waals surface area contributed by atoms with Crippen molar-refractivity contribution >= 4 is 21.9 Å². The van der Waals surface area contributed by atoms with E-state index in [0.717, 1.165) is 10.2 Å². The summed E-state index contributed by atoms with van der Waals surface area (Å²) < 4.78 is 2.44. The average Bonchev–Trinajstić information content (AvgIpc) is 2.78. The summed E-state index contributed by atoms with van der Waals surface area (Å²) in [5, 5.41) is 17.0. The lowest BCUT2D eigenvalue weighted by Crippen LogP contribution is -2.31. The summed E-state index contributed by atoms with van der Waals surface area (Å²) in [6.07, 6.45) is 1.48. The van der Waals surface area contributed by atoms with Crippen molar-refractivity contribution in [3.05, 3.63) is 40.6 Å². The van der Waals surface area contributed by atoms with Crippen molar-refractivity contribution in [1.82, 2.24) is 15.0 Å². The molecule has 0 spiro atoms. The number of nitrogens with zero attached hydrogens (tertiary/aromatic N) is 3. The Labute approximate surface area is 113 Å². The first-order valence-corrected chi connectivity index (χ1v) is 6.13. The lowest BCUT2D eigenvalue weighted by atomic mass is 9.90. The van der Waals surface area contributed by atoms with E-state index in [1.54, 1.807) is 18.5 Å². The van der Waals surface area contributed by atoms with Gasteiger partial charge in [0.05, 0.1) is 17.6 Å². The van der Waals surface area contributed by atoms with Gasteiger partial charge in [-0.15, -0.1) is 5.10 Å². The molecular formula is C12H12BrN3O2. The third-order valence-corrected chi connectivity index (χ3v) is 3.27. The van der Waals surface area contributed by atoms with Gasteiger partial charge in [-0.2, -0.15) is 0 Å². The number of benzene rings is 1. The van der Waals surface area contributed by atoms with Crippen LogP contribution in [0.25, 0.3) is 5.69 Å². The molecule has 2 rings (SSSR count). The second-order valence-electron chi connectivity index (χ2n) is 4.44. The second kappa shape index (κ2) is 4.53. The van der Waals surface area contributed by atoms with Gasteiger partial charge in [0.1, 0.15) is 5.41 Å². The molecule has 0 aliphatic carbocycles. The van der Waals surface area contributed by atoms with Gasteiger partial charge >= 0.3 is 5.97 Å². The van der Waals surface area contributed by atoms with Crippen LogP contribution < -0.4 is 0 Å². The van der Waals surface area contributed by atoms with Crippen LogP contribution in [-0.4, -0.2) is 26.1 Å². The highest BCUT2D eigenvalue weighted by molar-refractivity contribution is 9.10. The molecule has 0 atom stereocenters. The molecule has 5 nitrogen and oxygen atoms in total. The third-order valence-electron chi connectivity index (χ3n) is 2.78. The largest absolute Gasteiger partial charge is 0.481 e. The number of hydrogen-bond donors (Lipinski definition) is 1. The quantitative estimate of drug-likeness (QED) is 0.945. The van der Waals surface area contributed by atoms with Crippen LogP contribution in [-0.2, 0) is 10.2 Å². The Morgan fingerprint density at radius 3 is 2.78 bits per heavy atom. The molecule has 94 valence electrons. The Kier molecular flexibility index (Phi) is 3.21. The molecule has 0 aliphatic heterocycles. The molecule has 0 aliphatic rings. The highest BCUT2D eigenvalue weighted by Crippen LogP contribution is 2.25. The lowest BCUT2D eigenvalue weighted by Gasteiger charge is -2.19. The Morgan fingerprint density at radius 2 is 2.17 bits per heavy atom. The Morgan fingerprint density at radius 1 is 1.44 bits per heavy atom. The molecule has 1 aromatic carbocycles. The standard InChI is InChI=1S/C12H12BrN3O2/c1-12(2,11(17)18)10-7-14-15-16(10)9-5-3-4-8(13)6-9/h3-7H,1-2H3,(H,17,18). The van der Waals surface area contributed by atoms with Crippen molar-refractivity contribution in [3.8, 4) is 5.69 Å². The first kappa shape index (κ1) is 12.8. The number of hydrogen-bond acceptors (Lipinski definition) is 3. The molecule has 0 fully saturated rings. The smallest absolute Gasteiger partial charge is 0.315 e. The summed E-state index contributed by atoms with van der Waals surface area (Å²) >= 11 is 3.37. The molecule has 18 heavy (non-hydrogen) atoms. The van der Waals surface area contributed by atoms with Crippen LogP contribution >= 0.6 is 15.9 Å². The number of aromatic nitrogens is 3. The monoisotopic (exact) mass is 309 g/mol. The van der Waals surface area contributed by atoms with Crippen LogP contribution in [0.5, 0.6) is 0 Å². The maximum Gasteiger partial charge on any atom is 0.315 e. The van der Waals surface area contributed by atoms with Gasteiger partial charge in [0.2, 0.25) is 0 Å². The zero-order valence-corrected chi connectivity index (χ0v) is 11.5. The summed E-state index contributed by atoms with van der Waals surface area (Å²) in [4.78, 5) is 11.3. The fourth-order valence-electron chi connectivity index (χ4n) is 1.57. The molecule has 6 heteroatoms. The summed E-state index contributed by atoms with van der Waals surface area (Å²) in [6, 6.07) is 7.46.